The second-order valence-electron chi connectivity index (χ2n) is 6.36. The van der Waals surface area contributed by atoms with Gasteiger partial charge in [-0.2, -0.15) is 0 Å². The van der Waals surface area contributed by atoms with Gasteiger partial charge in [-0.05, 0) is 0 Å². The molecule has 2 saturated heterocycles. The number of hydrogen-bond acceptors (Lipinski definition) is 14. The number of carboxylic acids is 1. The molecule has 7 atom stereocenters. The molecule has 0 aromatic carbocycles. The van der Waals surface area contributed by atoms with Gasteiger partial charge in [0.1, 0.15) is 24.4 Å². The molecule has 0 aliphatic carbocycles. The Bertz CT molecular complexity index is 658. The van der Waals surface area contributed by atoms with Gasteiger partial charge in [-0.3, -0.25) is 8.98 Å². The fraction of sp³-hybridized carbons (Fsp3) is 0.867. The minimum Gasteiger partial charge on any atom is -0.726 e. The highest BCUT2D eigenvalue weighted by atomic mass is 32.3. The van der Waals surface area contributed by atoms with Gasteiger partial charge in [0.15, 0.2) is 0 Å². The molecule has 6 N–H and O–H groups in total. The molecule has 0 aromatic rings. The molecule has 0 bridgehead atoms. The third-order valence-corrected chi connectivity index (χ3v) is 4.45. The van der Waals surface area contributed by atoms with Gasteiger partial charge in [0, 0.05) is 20.5 Å². The maximum absolute atomic E-state index is 10.8. The predicted octanol–water partition coefficient (Wildman–Crippen LogP) is -6.06. The molecule has 1 amide bonds. The second-order valence-corrected chi connectivity index (χ2v) is 7.42. The van der Waals surface area contributed by atoms with Gasteiger partial charge >= 0.3 is 0 Å². The van der Waals surface area contributed by atoms with Crippen molar-refractivity contribution in [3.63, 3.8) is 0 Å². The fourth-order valence-electron chi connectivity index (χ4n) is 2.50. The minimum absolute atomic E-state index is 0.108. The topological polar surface area (TPSA) is 255 Å². The van der Waals surface area contributed by atoms with Crippen LogP contribution in [-0.4, -0.2) is 120 Å². The highest BCUT2D eigenvalue weighted by Crippen LogP contribution is 2.16. The molecule has 2 aliphatic heterocycles. The van der Waals surface area contributed by atoms with E-state index in [1.807, 2.05) is 0 Å². The largest absolute Gasteiger partial charge is 0.726 e. The van der Waals surface area contributed by atoms with Crippen LogP contribution in [0.3, 0.4) is 0 Å². The van der Waals surface area contributed by atoms with Gasteiger partial charge in [0.2, 0.25) is 16.3 Å². The summed E-state index contributed by atoms with van der Waals surface area (Å²) in [6.45, 7) is 0.250. The standard InChI is InChI=1S/C8H15NO8S.C6H10O5.CH4O/c1-4(10)9-5-2-16-6(8(12)7(5)11)3-17-18(13,14)15;7-3-1-5(6(9)10)11-2-4(3)8;1-2/h5-8,11-12H,2-3H2,1H3,(H,9,10)(H,13,14,15);3-5,7-8H,1-2H2,(H,9,10);2H,1H3/p-2/t5?,6?,7-,8-;3-,4?,5?;/m01./s1. The van der Waals surface area contributed by atoms with Gasteiger partial charge in [-0.25, -0.2) is 8.42 Å². The highest BCUT2D eigenvalue weighted by molar-refractivity contribution is 7.80. The molecule has 0 spiro atoms. The zero-order valence-electron chi connectivity index (χ0n) is 16.7. The first-order valence-electron chi connectivity index (χ1n) is 8.80. The van der Waals surface area contributed by atoms with Crippen LogP contribution in [-0.2, 0) is 33.6 Å². The molecule has 2 rings (SSSR count). The Balaban J connectivity index is 0.000000591. The fourth-order valence-corrected chi connectivity index (χ4v) is 2.80. The van der Waals surface area contributed by atoms with Crippen molar-refractivity contribution in [2.45, 2.75) is 56.0 Å². The van der Waals surface area contributed by atoms with E-state index in [2.05, 4.69) is 14.2 Å². The van der Waals surface area contributed by atoms with Crippen molar-refractivity contribution in [2.75, 3.05) is 26.9 Å². The number of aliphatic carboxylic acids is 1. The number of carbonyl (C=O) groups excluding carboxylic acids is 2. The van der Waals surface area contributed by atoms with Crippen molar-refractivity contribution < 1.29 is 66.9 Å². The summed E-state index contributed by atoms with van der Waals surface area (Å²) in [6, 6.07) is -0.808. The van der Waals surface area contributed by atoms with Crippen molar-refractivity contribution in [2.24, 2.45) is 0 Å². The van der Waals surface area contributed by atoms with Crippen LogP contribution in [0.4, 0.5) is 0 Å². The molecule has 0 radical (unpaired) electrons. The van der Waals surface area contributed by atoms with E-state index >= 15 is 0 Å². The second kappa shape index (κ2) is 13.8. The molecule has 2 fully saturated rings. The van der Waals surface area contributed by atoms with Crippen molar-refractivity contribution >= 4 is 22.3 Å². The van der Waals surface area contributed by atoms with Gasteiger partial charge in [-0.1, -0.05) is 0 Å². The van der Waals surface area contributed by atoms with Gasteiger partial charge in [0.05, 0.1) is 44.0 Å². The zero-order chi connectivity index (χ0) is 24.4. The molecule has 2 heterocycles. The molecule has 2 aliphatic rings. The summed E-state index contributed by atoms with van der Waals surface area (Å²) in [5.41, 5.74) is 0. The smallest absolute Gasteiger partial charge is 0.217 e. The Morgan fingerprint density at radius 2 is 1.65 bits per heavy atom. The summed E-state index contributed by atoms with van der Waals surface area (Å²) in [4.78, 5) is 21.0. The number of carbonyl (C=O) groups is 2. The van der Waals surface area contributed by atoms with E-state index in [0.29, 0.717) is 0 Å². The number of nitrogens with one attached hydrogen (secondary N) is 1. The van der Waals surface area contributed by atoms with Crippen LogP contribution < -0.4 is 10.4 Å². The van der Waals surface area contributed by atoms with Crippen LogP contribution in [0.1, 0.15) is 13.3 Å². The van der Waals surface area contributed by atoms with E-state index in [-0.39, 0.29) is 19.6 Å². The van der Waals surface area contributed by atoms with Crippen LogP contribution in [0.5, 0.6) is 0 Å². The summed E-state index contributed by atoms with van der Waals surface area (Å²) >= 11 is 0. The quantitative estimate of drug-likeness (QED) is 0.159. The molecular formula is C15H27NO14S-2. The monoisotopic (exact) mass is 477 g/mol. The first kappa shape index (κ1) is 29.5. The number of aliphatic hydroxyl groups excluding tert-OH is 5. The van der Waals surface area contributed by atoms with Crippen molar-refractivity contribution in [1.82, 2.24) is 5.32 Å². The SMILES string of the molecule is CC(=O)NC1COC(COS(=O)(=O)[O-])[C@H](O)[C@H]1O.CO.O=C([O-])C1C[C@@H](O)C(O)CO1. The van der Waals surface area contributed by atoms with E-state index in [4.69, 9.17) is 20.1 Å². The highest BCUT2D eigenvalue weighted by Gasteiger charge is 2.39. The lowest BCUT2D eigenvalue weighted by atomic mass is 9.98. The van der Waals surface area contributed by atoms with Crippen LogP contribution >= 0.6 is 0 Å². The Labute approximate surface area is 178 Å². The third kappa shape index (κ3) is 11.1. The average Bonchev–Trinajstić information content (AvgIpc) is 2.68. The maximum atomic E-state index is 10.8. The maximum Gasteiger partial charge on any atom is 0.217 e. The predicted molar refractivity (Wildman–Crippen MR) is 94.5 cm³/mol. The first-order valence-corrected chi connectivity index (χ1v) is 10.1. The lowest BCUT2D eigenvalue weighted by Crippen LogP contribution is -2.59. The van der Waals surface area contributed by atoms with Crippen molar-refractivity contribution in [3.8, 4) is 0 Å². The molecule has 0 aromatic heterocycles. The number of aliphatic hydroxyl groups is 5. The molecule has 4 unspecified atom stereocenters. The summed E-state index contributed by atoms with van der Waals surface area (Å²) in [6.07, 6.45) is -7.17. The van der Waals surface area contributed by atoms with Crippen LogP contribution in [0, 0.1) is 0 Å². The summed E-state index contributed by atoms with van der Waals surface area (Å²) in [5.74, 6) is -1.76. The lowest BCUT2D eigenvalue weighted by Gasteiger charge is -2.37. The van der Waals surface area contributed by atoms with E-state index < -0.39 is 71.5 Å². The van der Waals surface area contributed by atoms with E-state index in [1.165, 1.54) is 6.92 Å². The van der Waals surface area contributed by atoms with E-state index in [9.17, 15) is 37.9 Å². The molecule has 0 saturated carbocycles. The van der Waals surface area contributed by atoms with Gasteiger partial charge < -0.3 is 54.8 Å². The Morgan fingerprint density at radius 3 is 2.10 bits per heavy atom. The van der Waals surface area contributed by atoms with Crippen LogP contribution in [0.15, 0.2) is 0 Å². The van der Waals surface area contributed by atoms with E-state index in [1.54, 1.807) is 0 Å². The van der Waals surface area contributed by atoms with Crippen LogP contribution in [0.25, 0.3) is 0 Å². The van der Waals surface area contributed by atoms with Crippen LogP contribution in [0.2, 0.25) is 0 Å². The normalized spacial score (nSPS) is 33.1. The summed E-state index contributed by atoms with van der Waals surface area (Å²) in [5, 5.41) is 56.7. The zero-order valence-corrected chi connectivity index (χ0v) is 17.5. The number of amides is 1. The lowest BCUT2D eigenvalue weighted by molar-refractivity contribution is -0.321. The average molecular weight is 477 g/mol. The summed E-state index contributed by atoms with van der Waals surface area (Å²) < 4.78 is 44.3. The molecule has 184 valence electrons. The molecule has 15 nitrogen and oxygen atoms in total. The minimum atomic E-state index is -4.89. The number of rotatable bonds is 5. The van der Waals surface area contributed by atoms with Crippen molar-refractivity contribution in [1.29, 1.82) is 0 Å². The Morgan fingerprint density at radius 1 is 1.06 bits per heavy atom. The molecule has 16 heteroatoms. The Kier molecular flexibility index (Phi) is 13.2. The van der Waals surface area contributed by atoms with Gasteiger partial charge in [-0.15, -0.1) is 0 Å². The first-order chi connectivity index (χ1) is 14.3. The number of carboxylic acid groups (broad SMARTS) is 1. The molecule has 31 heavy (non-hydrogen) atoms. The number of hydrogen-bond donors (Lipinski definition) is 6. The molecular weight excluding hydrogens is 450 g/mol. The third-order valence-electron chi connectivity index (χ3n) is 4.03. The number of ether oxygens (including phenoxy) is 2. The van der Waals surface area contributed by atoms with E-state index in [0.717, 1.165) is 7.11 Å². The van der Waals surface area contributed by atoms with Gasteiger partial charge in [0.25, 0.3) is 0 Å². The summed E-state index contributed by atoms with van der Waals surface area (Å²) in [7, 11) is -3.89. The van der Waals surface area contributed by atoms with Crippen molar-refractivity contribution in [3.05, 3.63) is 0 Å². The Hall–Kier alpha value is -1.47.